The van der Waals surface area contributed by atoms with E-state index in [1.54, 1.807) is 0 Å². The Morgan fingerprint density at radius 1 is 0.700 bits per heavy atom. The van der Waals surface area contributed by atoms with Crippen LogP contribution < -0.4 is 5.46 Å². The Labute approximate surface area is 179 Å². The van der Waals surface area contributed by atoms with Gasteiger partial charge in [-0.2, -0.15) is 0 Å². The van der Waals surface area contributed by atoms with Crippen LogP contribution in [0.3, 0.4) is 0 Å². The fraction of sp³-hybridized carbons (Fsp3) is 0.346. The Balaban J connectivity index is 1.55. The minimum absolute atomic E-state index is 0.0211. The molecule has 0 amide bonds. The van der Waals surface area contributed by atoms with Gasteiger partial charge in [0, 0.05) is 23.3 Å². The minimum atomic E-state index is -0.406. The average Bonchev–Trinajstić information content (AvgIpc) is 3.08. The Morgan fingerprint density at radius 3 is 2.10 bits per heavy atom. The lowest BCUT2D eigenvalue weighted by atomic mass is 9.79. The van der Waals surface area contributed by atoms with E-state index in [2.05, 4.69) is 95.1 Å². The molecule has 0 radical (unpaired) electrons. The van der Waals surface area contributed by atoms with Crippen molar-refractivity contribution in [3.8, 4) is 22.3 Å². The number of hydrogen-bond donors (Lipinski definition) is 0. The Bertz CT molecular complexity index is 1130. The van der Waals surface area contributed by atoms with Crippen LogP contribution in [-0.2, 0) is 14.7 Å². The summed E-state index contributed by atoms with van der Waals surface area (Å²) in [5.74, 6) is 0. The molecule has 0 spiro atoms. The van der Waals surface area contributed by atoms with Gasteiger partial charge in [-0.3, -0.25) is 4.98 Å². The number of nitrogens with zero attached hydrogens (tertiary/aromatic N) is 1. The zero-order valence-electron chi connectivity index (χ0n) is 18.6. The van der Waals surface area contributed by atoms with Crippen molar-refractivity contribution in [3.05, 3.63) is 72.1 Å². The van der Waals surface area contributed by atoms with Gasteiger partial charge in [0.1, 0.15) is 0 Å². The minimum Gasteiger partial charge on any atom is -0.399 e. The molecule has 4 heteroatoms. The van der Waals surface area contributed by atoms with Gasteiger partial charge >= 0.3 is 7.12 Å². The van der Waals surface area contributed by atoms with Gasteiger partial charge in [-0.25, -0.2) is 0 Å². The van der Waals surface area contributed by atoms with Crippen LogP contribution in [0.25, 0.3) is 22.3 Å². The zero-order chi connectivity index (χ0) is 21.3. The van der Waals surface area contributed by atoms with Crippen molar-refractivity contribution in [3.63, 3.8) is 0 Å². The lowest BCUT2D eigenvalue weighted by Gasteiger charge is -2.32. The molecular formula is C26H28BNO2. The van der Waals surface area contributed by atoms with Crippen molar-refractivity contribution < 1.29 is 9.31 Å². The highest BCUT2D eigenvalue weighted by Gasteiger charge is 2.51. The van der Waals surface area contributed by atoms with E-state index in [0.29, 0.717) is 0 Å². The van der Waals surface area contributed by atoms with Crippen molar-refractivity contribution >= 4 is 12.6 Å². The van der Waals surface area contributed by atoms with E-state index < -0.39 is 7.12 Å². The number of rotatable bonds is 2. The SMILES string of the molecule is CC1(C)c2ccccc2-c2cc(-c3cncc(B4OC(C)(C)C(C)(C)O4)c3)ccc21. The summed E-state index contributed by atoms with van der Waals surface area (Å²) in [5.41, 5.74) is 7.89. The molecule has 1 aliphatic carbocycles. The van der Waals surface area contributed by atoms with E-state index in [9.17, 15) is 0 Å². The molecule has 1 saturated heterocycles. The molecule has 0 atom stereocenters. The second-order valence-corrected chi connectivity index (χ2v) is 10.0. The summed E-state index contributed by atoms with van der Waals surface area (Å²) >= 11 is 0. The van der Waals surface area contributed by atoms with E-state index in [1.807, 2.05) is 12.4 Å². The van der Waals surface area contributed by atoms with Crippen LogP contribution in [0.1, 0.15) is 52.7 Å². The van der Waals surface area contributed by atoms with E-state index in [4.69, 9.17) is 9.31 Å². The summed E-state index contributed by atoms with van der Waals surface area (Å²) in [6.07, 6.45) is 3.76. The first-order valence-corrected chi connectivity index (χ1v) is 10.7. The largest absolute Gasteiger partial charge is 0.496 e. The number of fused-ring (bicyclic) bond motifs is 3. The van der Waals surface area contributed by atoms with E-state index in [-0.39, 0.29) is 16.6 Å². The maximum Gasteiger partial charge on any atom is 0.496 e. The van der Waals surface area contributed by atoms with E-state index in [0.717, 1.165) is 16.6 Å². The Hall–Kier alpha value is -2.43. The van der Waals surface area contributed by atoms with Crippen LogP contribution in [0.4, 0.5) is 0 Å². The molecule has 2 aliphatic rings. The third kappa shape index (κ3) is 2.78. The highest BCUT2D eigenvalue weighted by Crippen LogP contribution is 2.49. The molecule has 0 N–H and O–H groups in total. The second kappa shape index (κ2) is 6.29. The topological polar surface area (TPSA) is 31.4 Å². The fourth-order valence-corrected chi connectivity index (χ4v) is 4.62. The lowest BCUT2D eigenvalue weighted by Crippen LogP contribution is -2.41. The van der Waals surface area contributed by atoms with Gasteiger partial charge in [0.25, 0.3) is 0 Å². The molecular weight excluding hydrogens is 369 g/mol. The smallest absolute Gasteiger partial charge is 0.399 e. The second-order valence-electron chi connectivity index (χ2n) is 10.0. The molecule has 0 saturated carbocycles. The number of pyridine rings is 1. The molecule has 1 aromatic heterocycles. The van der Waals surface area contributed by atoms with Gasteiger partial charge in [-0.05, 0) is 67.1 Å². The highest BCUT2D eigenvalue weighted by molar-refractivity contribution is 6.62. The fourth-order valence-electron chi connectivity index (χ4n) is 4.62. The number of benzene rings is 2. The van der Waals surface area contributed by atoms with Gasteiger partial charge < -0.3 is 9.31 Å². The molecule has 2 aromatic carbocycles. The molecule has 1 aliphatic heterocycles. The van der Waals surface area contributed by atoms with Crippen LogP contribution in [0.2, 0.25) is 0 Å². The van der Waals surface area contributed by atoms with Gasteiger partial charge in [-0.15, -0.1) is 0 Å². The van der Waals surface area contributed by atoms with Crippen LogP contribution in [-0.4, -0.2) is 23.3 Å². The number of aromatic nitrogens is 1. The van der Waals surface area contributed by atoms with Crippen LogP contribution in [0, 0.1) is 0 Å². The maximum atomic E-state index is 6.23. The lowest BCUT2D eigenvalue weighted by molar-refractivity contribution is 0.00578. The average molecular weight is 397 g/mol. The molecule has 3 aromatic rings. The zero-order valence-corrected chi connectivity index (χ0v) is 18.6. The maximum absolute atomic E-state index is 6.23. The molecule has 0 unspecified atom stereocenters. The summed E-state index contributed by atoms with van der Waals surface area (Å²) < 4.78 is 12.5. The Morgan fingerprint density at radius 2 is 1.37 bits per heavy atom. The normalized spacial score (nSPS) is 20.1. The van der Waals surface area contributed by atoms with Gasteiger partial charge in [-0.1, -0.05) is 56.3 Å². The van der Waals surface area contributed by atoms with Gasteiger partial charge in [0.15, 0.2) is 0 Å². The van der Waals surface area contributed by atoms with E-state index in [1.165, 1.54) is 22.3 Å². The molecule has 5 rings (SSSR count). The first-order valence-electron chi connectivity index (χ1n) is 10.7. The monoisotopic (exact) mass is 397 g/mol. The van der Waals surface area contributed by atoms with Crippen molar-refractivity contribution in [1.82, 2.24) is 4.98 Å². The predicted molar refractivity (Wildman–Crippen MR) is 123 cm³/mol. The molecule has 2 heterocycles. The first kappa shape index (κ1) is 19.5. The standard InChI is InChI=1S/C26H28BNO2/c1-24(2)22-10-8-7-9-20(22)21-14-17(11-12-23(21)24)18-13-19(16-28-15-18)27-29-25(3,4)26(5,6)30-27/h7-16H,1-6H3. The molecule has 152 valence electrons. The van der Waals surface area contributed by atoms with Gasteiger partial charge in [0.05, 0.1) is 11.2 Å². The first-order chi connectivity index (χ1) is 14.1. The molecule has 3 nitrogen and oxygen atoms in total. The van der Waals surface area contributed by atoms with Crippen molar-refractivity contribution in [2.75, 3.05) is 0 Å². The summed E-state index contributed by atoms with van der Waals surface area (Å²) in [6.45, 7) is 12.9. The van der Waals surface area contributed by atoms with Crippen LogP contribution in [0.15, 0.2) is 60.9 Å². The van der Waals surface area contributed by atoms with Gasteiger partial charge in [0.2, 0.25) is 0 Å². The van der Waals surface area contributed by atoms with Crippen LogP contribution in [0.5, 0.6) is 0 Å². The summed E-state index contributed by atoms with van der Waals surface area (Å²) in [5, 5.41) is 0. The third-order valence-electron chi connectivity index (χ3n) is 7.20. The Kier molecular flexibility index (Phi) is 4.09. The van der Waals surface area contributed by atoms with Crippen LogP contribution >= 0.6 is 0 Å². The summed E-state index contributed by atoms with van der Waals surface area (Å²) in [7, 11) is -0.406. The highest BCUT2D eigenvalue weighted by atomic mass is 16.7. The van der Waals surface area contributed by atoms with Crippen molar-refractivity contribution in [2.45, 2.75) is 58.2 Å². The van der Waals surface area contributed by atoms with E-state index >= 15 is 0 Å². The predicted octanol–water partition coefficient (Wildman–Crippen LogP) is 5.35. The van der Waals surface area contributed by atoms with Crippen molar-refractivity contribution in [1.29, 1.82) is 0 Å². The summed E-state index contributed by atoms with van der Waals surface area (Å²) in [6, 6.07) is 17.6. The molecule has 0 bridgehead atoms. The van der Waals surface area contributed by atoms with Crippen molar-refractivity contribution in [2.24, 2.45) is 0 Å². The quantitative estimate of drug-likeness (QED) is 0.546. The third-order valence-corrected chi connectivity index (χ3v) is 7.20. The molecule has 30 heavy (non-hydrogen) atoms. The molecule has 1 fully saturated rings. The summed E-state index contributed by atoms with van der Waals surface area (Å²) in [4.78, 5) is 4.51. The number of hydrogen-bond acceptors (Lipinski definition) is 3.